The molecule has 1 amide bonds. The zero-order valence-electron chi connectivity index (χ0n) is 11.4. The Labute approximate surface area is 113 Å². The molecule has 0 N–H and O–H groups in total. The van der Waals surface area contributed by atoms with Crippen LogP contribution >= 0.6 is 0 Å². The minimum absolute atomic E-state index is 0.196. The Kier molecular flexibility index (Phi) is 2.97. The third-order valence-electron chi connectivity index (χ3n) is 3.73. The van der Waals surface area contributed by atoms with Crippen molar-refractivity contribution in [3.05, 3.63) is 35.4 Å². The first-order valence-corrected chi connectivity index (χ1v) is 6.90. The zero-order chi connectivity index (χ0) is 13.4. The Hall–Kier alpha value is -1.90. The van der Waals surface area contributed by atoms with E-state index in [1.54, 1.807) is 0 Å². The van der Waals surface area contributed by atoms with Crippen LogP contribution in [0, 0.1) is 6.92 Å². The van der Waals surface area contributed by atoms with Crippen molar-refractivity contribution in [1.29, 1.82) is 0 Å². The Morgan fingerprint density at radius 1 is 1.42 bits per heavy atom. The Morgan fingerprint density at radius 2 is 2.26 bits per heavy atom. The number of carbonyl (C=O) groups is 1. The van der Waals surface area contributed by atoms with Crippen LogP contribution in [0.4, 0.5) is 5.82 Å². The molecule has 98 valence electrons. The molecule has 1 aromatic heterocycles. The molecule has 19 heavy (non-hydrogen) atoms. The van der Waals surface area contributed by atoms with Crippen molar-refractivity contribution in [2.75, 3.05) is 11.4 Å². The summed E-state index contributed by atoms with van der Waals surface area (Å²) in [7, 11) is 0. The fraction of sp³-hybridized carbons (Fsp3) is 0.375. The van der Waals surface area contributed by atoms with Gasteiger partial charge >= 0.3 is 0 Å². The van der Waals surface area contributed by atoms with Crippen molar-refractivity contribution in [2.45, 2.75) is 33.1 Å². The third kappa shape index (κ3) is 1.99. The molecule has 2 heterocycles. The molecule has 3 heteroatoms. The number of para-hydroxylation sites is 1. The summed E-state index contributed by atoms with van der Waals surface area (Å²) < 4.78 is 0. The van der Waals surface area contributed by atoms with Gasteiger partial charge in [-0.3, -0.25) is 9.69 Å². The predicted molar refractivity (Wildman–Crippen MR) is 77.4 cm³/mol. The highest BCUT2D eigenvalue weighted by atomic mass is 16.2. The van der Waals surface area contributed by atoms with Crippen LogP contribution in [0.3, 0.4) is 0 Å². The standard InChI is InChI=1S/C16H18N2O/c1-3-5-14(19)18-9-8-13-10-12-7-4-6-11(2)15(12)17-16(13)18/h4,6-7,10H,3,5,8-9H2,1-2H3. The van der Waals surface area contributed by atoms with E-state index in [0.717, 1.165) is 36.3 Å². The van der Waals surface area contributed by atoms with Crippen LogP contribution in [-0.2, 0) is 11.2 Å². The maximum absolute atomic E-state index is 12.1. The quantitative estimate of drug-likeness (QED) is 0.824. The van der Waals surface area contributed by atoms with Gasteiger partial charge < -0.3 is 0 Å². The number of pyridine rings is 1. The molecule has 2 aromatic rings. The summed E-state index contributed by atoms with van der Waals surface area (Å²) in [6.07, 6.45) is 2.41. The summed E-state index contributed by atoms with van der Waals surface area (Å²) in [5, 5.41) is 1.17. The predicted octanol–water partition coefficient (Wildman–Crippen LogP) is 3.23. The summed E-state index contributed by atoms with van der Waals surface area (Å²) in [5.74, 6) is 1.07. The summed E-state index contributed by atoms with van der Waals surface area (Å²) in [6, 6.07) is 8.39. The number of anilines is 1. The van der Waals surface area contributed by atoms with E-state index in [1.807, 2.05) is 11.8 Å². The van der Waals surface area contributed by atoms with Crippen LogP contribution in [0.5, 0.6) is 0 Å². The third-order valence-corrected chi connectivity index (χ3v) is 3.73. The van der Waals surface area contributed by atoms with Gasteiger partial charge in [0.25, 0.3) is 0 Å². The lowest BCUT2D eigenvalue weighted by atomic mass is 10.1. The van der Waals surface area contributed by atoms with E-state index in [0.29, 0.717) is 6.42 Å². The summed E-state index contributed by atoms with van der Waals surface area (Å²) >= 11 is 0. The van der Waals surface area contributed by atoms with Crippen molar-refractivity contribution in [3.63, 3.8) is 0 Å². The van der Waals surface area contributed by atoms with Gasteiger partial charge in [-0.15, -0.1) is 0 Å². The SMILES string of the molecule is CCCC(=O)N1CCc2cc3cccc(C)c3nc21. The first-order chi connectivity index (χ1) is 9.20. The number of carbonyl (C=O) groups excluding carboxylic acids is 1. The number of amides is 1. The van der Waals surface area contributed by atoms with Gasteiger partial charge in [0.1, 0.15) is 5.82 Å². The van der Waals surface area contributed by atoms with Gasteiger partial charge in [-0.1, -0.05) is 25.1 Å². The average molecular weight is 254 g/mol. The molecule has 3 nitrogen and oxygen atoms in total. The fourth-order valence-corrected chi connectivity index (χ4v) is 2.73. The van der Waals surface area contributed by atoms with Crippen LogP contribution in [0.2, 0.25) is 0 Å². The maximum atomic E-state index is 12.1. The van der Waals surface area contributed by atoms with E-state index in [-0.39, 0.29) is 5.91 Å². The molecule has 3 rings (SSSR count). The second-order valence-corrected chi connectivity index (χ2v) is 5.16. The number of hydrogen-bond donors (Lipinski definition) is 0. The minimum Gasteiger partial charge on any atom is -0.296 e. The van der Waals surface area contributed by atoms with Crippen LogP contribution in [-0.4, -0.2) is 17.4 Å². The Bertz CT molecular complexity index is 648. The number of hydrogen-bond acceptors (Lipinski definition) is 2. The van der Waals surface area contributed by atoms with Gasteiger partial charge in [0, 0.05) is 18.4 Å². The lowest BCUT2D eigenvalue weighted by molar-refractivity contribution is -0.118. The maximum Gasteiger partial charge on any atom is 0.228 e. The van der Waals surface area contributed by atoms with E-state index in [1.165, 1.54) is 10.9 Å². The van der Waals surface area contributed by atoms with Crippen LogP contribution in [0.1, 0.15) is 30.9 Å². The summed E-state index contributed by atoms with van der Waals surface area (Å²) in [6.45, 7) is 4.87. The highest BCUT2D eigenvalue weighted by Gasteiger charge is 2.26. The van der Waals surface area contributed by atoms with Crippen LogP contribution in [0.25, 0.3) is 10.9 Å². The van der Waals surface area contributed by atoms with Gasteiger partial charge in [-0.05, 0) is 37.0 Å². The number of aromatic nitrogens is 1. The number of aryl methyl sites for hydroxylation is 1. The monoisotopic (exact) mass is 254 g/mol. The van der Waals surface area contributed by atoms with Gasteiger partial charge in [0.2, 0.25) is 5.91 Å². The lowest BCUT2D eigenvalue weighted by Gasteiger charge is -2.16. The second-order valence-electron chi connectivity index (χ2n) is 5.16. The number of fused-ring (bicyclic) bond motifs is 2. The van der Waals surface area contributed by atoms with Gasteiger partial charge in [-0.25, -0.2) is 4.98 Å². The van der Waals surface area contributed by atoms with Crippen molar-refractivity contribution in [1.82, 2.24) is 4.98 Å². The molecule has 0 bridgehead atoms. The molecule has 0 unspecified atom stereocenters. The number of benzene rings is 1. The van der Waals surface area contributed by atoms with E-state index in [9.17, 15) is 4.79 Å². The highest BCUT2D eigenvalue weighted by Crippen LogP contribution is 2.30. The highest BCUT2D eigenvalue weighted by molar-refractivity contribution is 5.96. The van der Waals surface area contributed by atoms with Crippen molar-refractivity contribution in [2.24, 2.45) is 0 Å². The van der Waals surface area contributed by atoms with Crippen LogP contribution in [0.15, 0.2) is 24.3 Å². The molecule has 0 saturated heterocycles. The van der Waals surface area contributed by atoms with E-state index < -0.39 is 0 Å². The topological polar surface area (TPSA) is 33.2 Å². The Morgan fingerprint density at radius 3 is 3.05 bits per heavy atom. The minimum atomic E-state index is 0.196. The fourth-order valence-electron chi connectivity index (χ4n) is 2.73. The smallest absolute Gasteiger partial charge is 0.228 e. The average Bonchev–Trinajstić information content (AvgIpc) is 2.80. The van der Waals surface area contributed by atoms with Crippen molar-refractivity contribution < 1.29 is 4.79 Å². The van der Waals surface area contributed by atoms with E-state index in [2.05, 4.69) is 31.2 Å². The number of nitrogens with zero attached hydrogens (tertiary/aromatic N) is 2. The molecule has 0 saturated carbocycles. The normalized spacial score (nSPS) is 13.9. The molecule has 0 fully saturated rings. The van der Waals surface area contributed by atoms with Crippen LogP contribution < -0.4 is 4.90 Å². The molecule has 1 aliphatic rings. The van der Waals surface area contributed by atoms with Crippen molar-refractivity contribution in [3.8, 4) is 0 Å². The zero-order valence-corrected chi connectivity index (χ0v) is 11.4. The molecular formula is C16H18N2O. The second kappa shape index (κ2) is 4.65. The van der Waals surface area contributed by atoms with Gasteiger partial charge in [0.15, 0.2) is 0 Å². The molecule has 0 aliphatic carbocycles. The van der Waals surface area contributed by atoms with E-state index in [4.69, 9.17) is 4.98 Å². The molecule has 0 atom stereocenters. The first-order valence-electron chi connectivity index (χ1n) is 6.90. The molecule has 0 spiro atoms. The van der Waals surface area contributed by atoms with Gasteiger partial charge in [0.05, 0.1) is 5.52 Å². The Balaban J connectivity index is 2.10. The molecular weight excluding hydrogens is 236 g/mol. The molecule has 0 radical (unpaired) electrons. The first kappa shape index (κ1) is 12.2. The van der Waals surface area contributed by atoms with Gasteiger partial charge in [-0.2, -0.15) is 0 Å². The summed E-state index contributed by atoms with van der Waals surface area (Å²) in [4.78, 5) is 18.7. The van der Waals surface area contributed by atoms with Crippen molar-refractivity contribution >= 4 is 22.6 Å². The van der Waals surface area contributed by atoms with E-state index >= 15 is 0 Å². The number of rotatable bonds is 2. The molecule has 1 aliphatic heterocycles. The lowest BCUT2D eigenvalue weighted by Crippen LogP contribution is -2.29. The largest absolute Gasteiger partial charge is 0.296 e. The summed E-state index contributed by atoms with van der Waals surface area (Å²) in [5.41, 5.74) is 3.37. The molecule has 1 aromatic carbocycles.